The Kier molecular flexibility index (Phi) is 24.1. The molecule has 3 N–H and O–H groups in total. The molecule has 310 valence electrons. The van der Waals surface area contributed by atoms with Gasteiger partial charge in [-0.1, -0.05) is 111 Å². The Labute approximate surface area is 334 Å². The predicted octanol–water partition coefficient (Wildman–Crippen LogP) is 12.6. The van der Waals surface area contributed by atoms with Crippen LogP contribution < -0.4 is 15.0 Å². The molecule has 4 atom stereocenters. The number of nitrogens with one attached hydrogen (secondary N) is 2. The molecule has 1 heterocycles. The van der Waals surface area contributed by atoms with Crippen LogP contribution in [0.3, 0.4) is 0 Å². The van der Waals surface area contributed by atoms with E-state index in [9.17, 15) is 9.30 Å². The highest BCUT2D eigenvalue weighted by atomic mass is 19.1. The fourth-order valence-corrected chi connectivity index (χ4v) is 7.00. The molecule has 0 spiro atoms. The van der Waals surface area contributed by atoms with E-state index in [0.717, 1.165) is 40.2 Å². The monoisotopic (exact) mass is 767 g/mol. The first-order valence-electron chi connectivity index (χ1n) is 20.4. The van der Waals surface area contributed by atoms with Crippen LogP contribution in [0.5, 0.6) is 5.75 Å². The summed E-state index contributed by atoms with van der Waals surface area (Å²) in [4.78, 5) is 13.2. The minimum absolute atomic E-state index is 0.0617. The molecule has 1 aliphatic carbocycles. The second-order valence-corrected chi connectivity index (χ2v) is 13.7. The molecular weight excluding hydrogens is 692 g/mol. The second kappa shape index (κ2) is 26.0. The van der Waals surface area contributed by atoms with E-state index < -0.39 is 11.2 Å². The first-order valence-corrected chi connectivity index (χ1v) is 20.4. The van der Waals surface area contributed by atoms with Crippen molar-refractivity contribution in [1.82, 2.24) is 0 Å². The first kappa shape index (κ1) is 51.0. The molecule has 0 aromatic heterocycles. The normalized spacial score (nSPS) is 20.0. The molecule has 2 aliphatic rings. The lowest BCUT2D eigenvalue weighted by atomic mass is 9.76. The summed E-state index contributed by atoms with van der Waals surface area (Å²) in [6, 6.07) is 13.8. The number of rotatable bonds is 13. The standard InChI is InChI=1S/C24H30FN3O3.C13H21NO.C5H12.2C2H6/c1-5-28-21-11-10-19(31-4)14-20(21)23(2,22(28)16-24(3,25)27-30)15-17-6-8-18(9-7-17)26-12-13-29;1-6-11-8(2)7-12(13(14)15-5)10(4)9(11)3;1-3-5-4-2;2*1-2/h6-11,14,16,26,29H,5,12-13,15H2,1-4H3;7-8,10,14H,6H2,1-5H3;3-5H2,1-2H3;2*1-2H3/b22-16-;;;;. The maximum Gasteiger partial charge on any atom is 0.257 e. The van der Waals surface area contributed by atoms with Crippen molar-refractivity contribution in [3.63, 3.8) is 0 Å². The van der Waals surface area contributed by atoms with Crippen LogP contribution in [0.2, 0.25) is 0 Å². The SMILES string of the molecule is CC.CC.CCC1=C(C)C(C)C(C(=N)OC)=CC1C.CCCCC.CCN1/C(=C\C(C)(F)N=O)C(C)(Cc2ccc(NCCO)cc2)c2cc(OC)ccc21. The number of aliphatic hydroxyl groups is 1. The average Bonchev–Trinajstić information content (AvgIpc) is 3.42. The van der Waals surface area contributed by atoms with Crippen LogP contribution in [0.1, 0.15) is 127 Å². The fourth-order valence-electron chi connectivity index (χ4n) is 7.00. The van der Waals surface area contributed by atoms with E-state index in [-0.39, 0.29) is 6.61 Å². The van der Waals surface area contributed by atoms with E-state index in [1.807, 2.05) is 82.0 Å². The van der Waals surface area contributed by atoms with Crippen LogP contribution in [0.15, 0.2) is 82.2 Å². The maximum atomic E-state index is 14.8. The number of alkyl halides is 1. The predicted molar refractivity (Wildman–Crippen MR) is 235 cm³/mol. The Morgan fingerprint density at radius 1 is 1.05 bits per heavy atom. The fraction of sp³-hybridized carbons (Fsp3) is 0.587. The Morgan fingerprint density at radius 2 is 1.65 bits per heavy atom. The van der Waals surface area contributed by atoms with E-state index in [1.54, 1.807) is 14.2 Å². The summed E-state index contributed by atoms with van der Waals surface area (Å²) < 4.78 is 25.2. The van der Waals surface area contributed by atoms with Gasteiger partial charge in [0.2, 0.25) is 5.90 Å². The van der Waals surface area contributed by atoms with Gasteiger partial charge in [-0.25, -0.2) is 4.39 Å². The molecule has 0 saturated heterocycles. The number of methoxy groups -OCH3 is 2. The number of fused-ring (bicyclic) bond motifs is 1. The molecule has 4 rings (SSSR count). The van der Waals surface area contributed by atoms with Crippen molar-refractivity contribution in [3.05, 3.63) is 93.1 Å². The zero-order valence-corrected chi connectivity index (χ0v) is 37.0. The van der Waals surface area contributed by atoms with Gasteiger partial charge < -0.3 is 24.8 Å². The summed E-state index contributed by atoms with van der Waals surface area (Å²) in [5.41, 5.74) is 8.05. The number of nitroso groups, excluding NO2 is 1. The molecule has 0 bridgehead atoms. The Morgan fingerprint density at radius 3 is 2.11 bits per heavy atom. The Balaban J connectivity index is 0.00000101. The van der Waals surface area contributed by atoms with E-state index in [2.05, 4.69) is 65.0 Å². The highest BCUT2D eigenvalue weighted by Crippen LogP contribution is 2.51. The number of likely N-dealkylation sites (N-methyl/N-ethyl adjacent to an activating group) is 1. The van der Waals surface area contributed by atoms with Crippen LogP contribution in [0.25, 0.3) is 0 Å². The van der Waals surface area contributed by atoms with E-state index in [4.69, 9.17) is 20.0 Å². The van der Waals surface area contributed by atoms with Gasteiger partial charge in [0.05, 0.1) is 20.8 Å². The summed E-state index contributed by atoms with van der Waals surface area (Å²) in [7, 11) is 3.18. The van der Waals surface area contributed by atoms with Crippen molar-refractivity contribution < 1.29 is 19.0 Å². The molecule has 55 heavy (non-hydrogen) atoms. The van der Waals surface area contributed by atoms with E-state index in [1.165, 1.54) is 43.4 Å². The number of benzene rings is 2. The maximum absolute atomic E-state index is 14.8. The summed E-state index contributed by atoms with van der Waals surface area (Å²) in [5, 5.41) is 22.6. The second-order valence-electron chi connectivity index (χ2n) is 13.7. The molecular formula is C46H75FN4O4. The number of ether oxygens (including phenoxy) is 2. The molecule has 8 nitrogen and oxygen atoms in total. The summed E-state index contributed by atoms with van der Waals surface area (Å²) in [6.07, 6.45) is 9.29. The third kappa shape index (κ3) is 14.2. The van der Waals surface area contributed by atoms with E-state index in [0.29, 0.717) is 42.9 Å². The van der Waals surface area contributed by atoms with Crippen LogP contribution >= 0.6 is 0 Å². The summed E-state index contributed by atoms with van der Waals surface area (Å²) in [5.74, 6) is -0.514. The lowest BCUT2D eigenvalue weighted by Crippen LogP contribution is -2.32. The van der Waals surface area contributed by atoms with Gasteiger partial charge in [-0.3, -0.25) is 5.41 Å². The van der Waals surface area contributed by atoms with Crippen molar-refractivity contribution in [3.8, 4) is 5.75 Å². The van der Waals surface area contributed by atoms with Gasteiger partial charge in [-0.2, -0.15) is 0 Å². The number of hydrogen-bond acceptors (Lipinski definition) is 8. The van der Waals surface area contributed by atoms with Gasteiger partial charge in [0, 0.05) is 47.1 Å². The number of aliphatic hydroxyl groups excluding tert-OH is 1. The lowest BCUT2D eigenvalue weighted by Gasteiger charge is -2.31. The molecule has 0 saturated carbocycles. The molecule has 2 aromatic carbocycles. The Hall–Kier alpha value is -3.98. The molecule has 9 heteroatoms. The van der Waals surface area contributed by atoms with Crippen molar-refractivity contribution in [2.45, 2.75) is 133 Å². The van der Waals surface area contributed by atoms with E-state index >= 15 is 0 Å². The summed E-state index contributed by atoms with van der Waals surface area (Å²) >= 11 is 0. The molecule has 1 aliphatic heterocycles. The number of hydrogen-bond donors (Lipinski definition) is 3. The average molecular weight is 767 g/mol. The number of allylic oxidation sites excluding steroid dienone is 4. The number of nitrogens with zero attached hydrogens (tertiary/aromatic N) is 2. The van der Waals surface area contributed by atoms with Crippen molar-refractivity contribution in [2.75, 3.05) is 44.1 Å². The van der Waals surface area contributed by atoms with Crippen molar-refractivity contribution in [2.24, 2.45) is 17.0 Å². The van der Waals surface area contributed by atoms with Crippen LogP contribution in [-0.4, -0.2) is 50.7 Å². The molecule has 2 aromatic rings. The lowest BCUT2D eigenvalue weighted by molar-refractivity contribution is 0.265. The van der Waals surface area contributed by atoms with Gasteiger partial charge in [0.1, 0.15) is 5.75 Å². The third-order valence-electron chi connectivity index (χ3n) is 9.95. The van der Waals surface area contributed by atoms with Gasteiger partial charge in [0.25, 0.3) is 5.79 Å². The van der Waals surface area contributed by atoms with Gasteiger partial charge in [-0.15, -0.1) is 4.91 Å². The number of halogens is 1. The number of unbranched alkanes of at least 4 members (excludes halogenated alkanes) is 2. The zero-order chi connectivity index (χ0) is 42.4. The van der Waals surface area contributed by atoms with Gasteiger partial charge >= 0.3 is 0 Å². The van der Waals surface area contributed by atoms with Gasteiger partial charge in [0.15, 0.2) is 0 Å². The molecule has 0 radical (unpaired) electrons. The minimum Gasteiger partial charge on any atom is -0.497 e. The molecule has 4 unspecified atom stereocenters. The van der Waals surface area contributed by atoms with Crippen LogP contribution in [0.4, 0.5) is 15.8 Å². The van der Waals surface area contributed by atoms with Crippen molar-refractivity contribution in [1.29, 1.82) is 5.41 Å². The van der Waals surface area contributed by atoms with Crippen molar-refractivity contribution >= 4 is 17.3 Å². The van der Waals surface area contributed by atoms with Gasteiger partial charge in [-0.05, 0) is 99.2 Å². The number of anilines is 2. The van der Waals surface area contributed by atoms with Crippen LogP contribution in [-0.2, 0) is 16.6 Å². The highest BCUT2D eigenvalue weighted by molar-refractivity contribution is 5.92. The largest absolute Gasteiger partial charge is 0.497 e. The zero-order valence-electron chi connectivity index (χ0n) is 37.0. The van der Waals surface area contributed by atoms with Crippen LogP contribution in [0, 0.1) is 22.2 Å². The Bertz CT molecular complexity index is 1530. The third-order valence-corrected chi connectivity index (χ3v) is 9.95. The first-order chi connectivity index (χ1) is 26.2. The minimum atomic E-state index is -2.31. The summed E-state index contributed by atoms with van der Waals surface area (Å²) in [6.45, 7) is 27.5. The topological polar surface area (TPSA) is 107 Å². The highest BCUT2D eigenvalue weighted by Gasteiger charge is 2.45. The smallest absolute Gasteiger partial charge is 0.257 e. The molecule has 0 fully saturated rings. The molecule has 0 amide bonds. The quantitative estimate of drug-likeness (QED) is 0.0616.